The van der Waals surface area contributed by atoms with E-state index >= 15 is 0 Å². The summed E-state index contributed by atoms with van der Waals surface area (Å²) in [6, 6.07) is 7.93. The molecule has 0 bridgehead atoms. The molecule has 0 aliphatic rings. The molecule has 0 heterocycles. The summed E-state index contributed by atoms with van der Waals surface area (Å²) in [7, 11) is 0. The summed E-state index contributed by atoms with van der Waals surface area (Å²) < 4.78 is 0. The van der Waals surface area contributed by atoms with E-state index in [1.165, 1.54) is 12.0 Å². The van der Waals surface area contributed by atoms with Crippen molar-refractivity contribution < 1.29 is 0 Å². The first-order valence-corrected chi connectivity index (χ1v) is 8.26. The maximum absolute atomic E-state index is 6.26. The van der Waals surface area contributed by atoms with Gasteiger partial charge < -0.3 is 0 Å². The van der Waals surface area contributed by atoms with Gasteiger partial charge in [0.25, 0.3) is 0 Å². The van der Waals surface area contributed by atoms with E-state index in [2.05, 4.69) is 32.9 Å². The van der Waals surface area contributed by atoms with Gasteiger partial charge in [0, 0.05) is 22.2 Å². The van der Waals surface area contributed by atoms with Crippen LogP contribution in [0.4, 0.5) is 0 Å². The molecule has 1 rings (SSSR count). The average Bonchev–Trinajstić information content (AvgIpc) is 2.36. The Morgan fingerprint density at radius 2 is 1.53 bits per heavy atom. The van der Waals surface area contributed by atoms with Crippen LogP contribution in [0, 0.1) is 11.8 Å². The lowest BCUT2D eigenvalue weighted by Crippen LogP contribution is -2.33. The zero-order valence-electron chi connectivity index (χ0n) is 11.9. The summed E-state index contributed by atoms with van der Waals surface area (Å²) in [6.07, 6.45) is 2.21. The molecule has 0 fully saturated rings. The number of halogens is 3. The summed E-state index contributed by atoms with van der Waals surface area (Å²) >= 11 is 18.5. The number of hydrogen-bond acceptors (Lipinski definition) is 0. The fourth-order valence-electron chi connectivity index (χ4n) is 2.78. The molecule has 0 radical (unpaired) electrons. The second-order valence-electron chi connectivity index (χ2n) is 5.99. The van der Waals surface area contributed by atoms with Gasteiger partial charge in [-0.15, -0.1) is 23.2 Å². The minimum atomic E-state index is -0.151. The zero-order valence-corrected chi connectivity index (χ0v) is 14.2. The summed E-state index contributed by atoms with van der Waals surface area (Å²) in [5, 5.41) is 0.747. The van der Waals surface area contributed by atoms with Crippen LogP contribution < -0.4 is 0 Å². The largest absolute Gasteiger partial charge is 0.126 e. The van der Waals surface area contributed by atoms with Crippen molar-refractivity contribution in [3.63, 3.8) is 0 Å². The predicted octanol–water partition coefficient (Wildman–Crippen LogP) is 6.13. The fraction of sp³-hybridized carbons (Fsp3) is 0.625. The van der Waals surface area contributed by atoms with Gasteiger partial charge in [-0.1, -0.05) is 44.5 Å². The van der Waals surface area contributed by atoms with Crippen molar-refractivity contribution >= 4 is 34.8 Å². The van der Waals surface area contributed by atoms with Gasteiger partial charge in [0.2, 0.25) is 0 Å². The third-order valence-electron chi connectivity index (χ3n) is 3.58. The van der Waals surface area contributed by atoms with Crippen molar-refractivity contribution in [2.45, 2.75) is 39.0 Å². The van der Waals surface area contributed by atoms with Crippen LogP contribution >= 0.6 is 34.8 Å². The number of alkyl halides is 2. The summed E-state index contributed by atoms with van der Waals surface area (Å²) in [4.78, 5) is 0. The third kappa shape index (κ3) is 4.85. The van der Waals surface area contributed by atoms with Crippen LogP contribution in [-0.2, 0) is 5.41 Å². The van der Waals surface area contributed by atoms with Crippen molar-refractivity contribution in [3.8, 4) is 0 Å². The molecule has 3 heteroatoms. The van der Waals surface area contributed by atoms with Gasteiger partial charge in [0.05, 0.1) is 0 Å². The van der Waals surface area contributed by atoms with Crippen LogP contribution in [0.2, 0.25) is 5.02 Å². The van der Waals surface area contributed by atoms with E-state index in [1.54, 1.807) is 0 Å². The number of rotatable bonds is 7. The first-order valence-electron chi connectivity index (χ1n) is 6.81. The van der Waals surface area contributed by atoms with Crippen molar-refractivity contribution in [3.05, 3.63) is 34.9 Å². The van der Waals surface area contributed by atoms with Crippen LogP contribution in [0.25, 0.3) is 0 Å². The molecule has 1 unspecified atom stereocenters. The highest BCUT2D eigenvalue weighted by atomic mass is 35.5. The van der Waals surface area contributed by atoms with E-state index in [0.29, 0.717) is 23.6 Å². The molecule has 0 nitrogen and oxygen atoms in total. The van der Waals surface area contributed by atoms with Gasteiger partial charge in [-0.2, -0.15) is 0 Å². The minimum Gasteiger partial charge on any atom is -0.126 e. The molecule has 0 N–H and O–H groups in total. The van der Waals surface area contributed by atoms with Crippen molar-refractivity contribution in [2.75, 3.05) is 11.8 Å². The first kappa shape index (κ1) is 17.1. The Bertz CT molecular complexity index is 366. The van der Waals surface area contributed by atoms with Gasteiger partial charge in [0.15, 0.2) is 0 Å². The molecule has 108 valence electrons. The lowest BCUT2D eigenvalue weighted by Gasteiger charge is -2.33. The molecule has 1 aromatic rings. The summed E-state index contributed by atoms with van der Waals surface area (Å²) in [6.45, 7) is 6.79. The molecule has 1 aromatic carbocycles. The van der Waals surface area contributed by atoms with Crippen molar-refractivity contribution in [2.24, 2.45) is 11.8 Å². The van der Waals surface area contributed by atoms with Crippen LogP contribution in [-0.4, -0.2) is 11.8 Å². The third-order valence-corrected chi connectivity index (χ3v) is 4.86. The summed E-state index contributed by atoms with van der Waals surface area (Å²) in [5.41, 5.74) is 1.04. The quantitative estimate of drug-likeness (QED) is 0.530. The normalized spacial score (nSPS) is 13.8. The SMILES string of the molecule is CC(C)CC(C)CC(CCl)(CCl)c1ccc(Cl)cc1. The zero-order chi connectivity index (χ0) is 14.5. The lowest BCUT2D eigenvalue weighted by atomic mass is 9.75. The van der Waals surface area contributed by atoms with E-state index in [4.69, 9.17) is 34.8 Å². The van der Waals surface area contributed by atoms with Gasteiger partial charge in [-0.3, -0.25) is 0 Å². The second kappa shape index (κ2) is 7.76. The number of hydrogen-bond donors (Lipinski definition) is 0. The topological polar surface area (TPSA) is 0 Å². The number of benzene rings is 1. The maximum Gasteiger partial charge on any atom is 0.0406 e. The van der Waals surface area contributed by atoms with E-state index in [0.717, 1.165) is 11.4 Å². The predicted molar refractivity (Wildman–Crippen MR) is 87.8 cm³/mol. The van der Waals surface area contributed by atoms with Gasteiger partial charge in [-0.05, 0) is 42.4 Å². The summed E-state index contributed by atoms with van der Waals surface area (Å²) in [5.74, 6) is 2.39. The van der Waals surface area contributed by atoms with E-state index < -0.39 is 0 Å². The molecule has 0 saturated heterocycles. The molecule has 1 atom stereocenters. The molecule has 19 heavy (non-hydrogen) atoms. The van der Waals surface area contributed by atoms with Gasteiger partial charge in [0.1, 0.15) is 0 Å². The highest BCUT2D eigenvalue weighted by molar-refractivity contribution is 6.30. The van der Waals surface area contributed by atoms with Gasteiger partial charge in [-0.25, -0.2) is 0 Å². The van der Waals surface area contributed by atoms with Gasteiger partial charge >= 0.3 is 0 Å². The Morgan fingerprint density at radius 1 is 1.00 bits per heavy atom. The molecule has 0 saturated carbocycles. The smallest absolute Gasteiger partial charge is 0.0406 e. The van der Waals surface area contributed by atoms with Crippen LogP contribution in [0.5, 0.6) is 0 Å². The lowest BCUT2D eigenvalue weighted by molar-refractivity contribution is 0.337. The van der Waals surface area contributed by atoms with E-state index in [9.17, 15) is 0 Å². The molecule has 0 aromatic heterocycles. The highest BCUT2D eigenvalue weighted by Crippen LogP contribution is 2.36. The Hall–Kier alpha value is 0.0900. The Morgan fingerprint density at radius 3 is 1.95 bits per heavy atom. The molecule has 0 aliphatic carbocycles. The minimum absolute atomic E-state index is 0.151. The standard InChI is InChI=1S/C16H23Cl3/c1-12(2)8-13(3)9-16(10-17,11-18)14-4-6-15(19)7-5-14/h4-7,12-13H,8-11H2,1-3H3. The molecular formula is C16H23Cl3. The monoisotopic (exact) mass is 320 g/mol. The molecule has 0 aliphatic heterocycles. The van der Waals surface area contributed by atoms with Crippen LogP contribution in [0.15, 0.2) is 24.3 Å². The first-order chi connectivity index (χ1) is 8.93. The van der Waals surface area contributed by atoms with Crippen molar-refractivity contribution in [1.29, 1.82) is 0 Å². The van der Waals surface area contributed by atoms with E-state index in [-0.39, 0.29) is 5.41 Å². The fourth-order valence-corrected chi connectivity index (χ4v) is 3.71. The Balaban J connectivity index is 2.93. The molecule has 0 spiro atoms. The molecular weight excluding hydrogens is 299 g/mol. The van der Waals surface area contributed by atoms with Crippen LogP contribution in [0.3, 0.4) is 0 Å². The molecule has 0 amide bonds. The van der Waals surface area contributed by atoms with Crippen molar-refractivity contribution in [1.82, 2.24) is 0 Å². The van der Waals surface area contributed by atoms with Crippen LogP contribution in [0.1, 0.15) is 39.2 Å². The Labute approximate surface area is 132 Å². The van der Waals surface area contributed by atoms with E-state index in [1.807, 2.05) is 12.1 Å². The average molecular weight is 322 g/mol. The second-order valence-corrected chi connectivity index (χ2v) is 6.96. The highest BCUT2D eigenvalue weighted by Gasteiger charge is 2.32. The Kier molecular flexibility index (Phi) is 7.00. The maximum atomic E-state index is 6.26.